The standard InChI is InChI=1S/C16H13BrClFN2O2/c1-9(17)6-13(18)14-15(23)20-16(21(14)8-22)5-4-10-2-3-11(19)7-12(10)16/h2-3,6-8H,4-5H2,1H3,(H,20,23)/b9-6+,14-13+. The van der Waals surface area contributed by atoms with Gasteiger partial charge < -0.3 is 5.32 Å². The molecule has 0 bridgehead atoms. The zero-order valence-corrected chi connectivity index (χ0v) is 14.5. The number of hydrogen-bond acceptors (Lipinski definition) is 2. The van der Waals surface area contributed by atoms with E-state index in [0.29, 0.717) is 29.3 Å². The number of carbonyl (C=O) groups excluding carboxylic acids is 2. The van der Waals surface area contributed by atoms with Crippen molar-refractivity contribution in [1.29, 1.82) is 0 Å². The van der Waals surface area contributed by atoms with E-state index >= 15 is 0 Å². The Morgan fingerprint density at radius 2 is 2.26 bits per heavy atom. The van der Waals surface area contributed by atoms with E-state index < -0.39 is 17.4 Å². The highest BCUT2D eigenvalue weighted by molar-refractivity contribution is 9.11. The second-order valence-electron chi connectivity index (χ2n) is 5.52. The van der Waals surface area contributed by atoms with Crippen LogP contribution in [0.5, 0.6) is 0 Å². The molecule has 0 saturated carbocycles. The lowest BCUT2D eigenvalue weighted by molar-refractivity contribution is -0.121. The van der Waals surface area contributed by atoms with Gasteiger partial charge in [0, 0.05) is 5.56 Å². The fourth-order valence-electron chi connectivity index (χ4n) is 3.20. The first kappa shape index (κ1) is 16.2. The number of nitrogens with zero attached hydrogens (tertiary/aromatic N) is 1. The topological polar surface area (TPSA) is 49.4 Å². The molecule has 2 amide bonds. The van der Waals surface area contributed by atoms with Crippen LogP contribution in [0.15, 0.2) is 39.5 Å². The lowest BCUT2D eigenvalue weighted by Gasteiger charge is -2.32. The minimum atomic E-state index is -1.07. The third kappa shape index (κ3) is 2.50. The summed E-state index contributed by atoms with van der Waals surface area (Å²) >= 11 is 9.46. The molecule has 1 fully saturated rings. The van der Waals surface area contributed by atoms with Crippen LogP contribution in [-0.4, -0.2) is 17.2 Å². The second-order valence-corrected chi connectivity index (χ2v) is 7.18. The van der Waals surface area contributed by atoms with Crippen molar-refractivity contribution in [3.63, 3.8) is 0 Å². The van der Waals surface area contributed by atoms with Crippen molar-refractivity contribution < 1.29 is 14.0 Å². The smallest absolute Gasteiger partial charge is 0.271 e. The number of halogens is 3. The Morgan fingerprint density at radius 3 is 2.91 bits per heavy atom. The van der Waals surface area contributed by atoms with Gasteiger partial charge in [0.25, 0.3) is 5.91 Å². The molecule has 1 N–H and O–H groups in total. The maximum absolute atomic E-state index is 13.7. The molecule has 1 atom stereocenters. The van der Waals surface area contributed by atoms with Crippen LogP contribution in [0.3, 0.4) is 0 Å². The van der Waals surface area contributed by atoms with Crippen LogP contribution in [0.25, 0.3) is 0 Å². The van der Waals surface area contributed by atoms with Gasteiger partial charge in [0.15, 0.2) is 0 Å². The quantitative estimate of drug-likeness (QED) is 0.613. The van der Waals surface area contributed by atoms with Crippen molar-refractivity contribution in [2.75, 3.05) is 0 Å². The molecule has 1 aliphatic heterocycles. The molecule has 1 saturated heterocycles. The molecular weight excluding hydrogens is 387 g/mol. The predicted molar refractivity (Wildman–Crippen MR) is 88.0 cm³/mol. The summed E-state index contributed by atoms with van der Waals surface area (Å²) < 4.78 is 14.4. The van der Waals surface area contributed by atoms with Crippen LogP contribution in [0.1, 0.15) is 24.5 Å². The summed E-state index contributed by atoms with van der Waals surface area (Å²) in [5, 5.41) is 2.96. The fraction of sp³-hybridized carbons (Fsp3) is 0.250. The SMILES string of the molecule is C/C(Br)=C\C(Cl)=C1\C(=O)NC2(CCc3ccc(F)cc32)N1C=O. The van der Waals surface area contributed by atoms with E-state index in [-0.39, 0.29) is 10.7 Å². The zero-order chi connectivity index (χ0) is 16.8. The van der Waals surface area contributed by atoms with Gasteiger partial charge in [0.2, 0.25) is 6.41 Å². The molecule has 1 aromatic rings. The van der Waals surface area contributed by atoms with Crippen molar-refractivity contribution in [3.05, 3.63) is 56.4 Å². The maximum Gasteiger partial charge on any atom is 0.271 e. The normalized spacial score (nSPS) is 25.7. The Kier molecular flexibility index (Phi) is 4.06. The third-order valence-electron chi connectivity index (χ3n) is 4.12. The minimum absolute atomic E-state index is 0.0672. The van der Waals surface area contributed by atoms with Crippen molar-refractivity contribution in [1.82, 2.24) is 10.2 Å². The van der Waals surface area contributed by atoms with E-state index in [2.05, 4.69) is 21.2 Å². The third-order valence-corrected chi connectivity index (χ3v) is 4.64. The first-order valence-electron chi connectivity index (χ1n) is 6.98. The highest BCUT2D eigenvalue weighted by Crippen LogP contribution is 2.45. The molecule has 1 aliphatic carbocycles. The average Bonchev–Trinajstić information content (AvgIpc) is 2.97. The summed E-state index contributed by atoms with van der Waals surface area (Å²) in [7, 11) is 0. The van der Waals surface area contributed by atoms with Gasteiger partial charge in [-0.2, -0.15) is 0 Å². The summed E-state index contributed by atoms with van der Waals surface area (Å²) in [5.41, 5.74) is 0.498. The van der Waals surface area contributed by atoms with Gasteiger partial charge in [-0.05, 0) is 48.0 Å². The lowest BCUT2D eigenvalue weighted by atomic mass is 10.0. The molecule has 2 aliphatic rings. The summed E-state index contributed by atoms with van der Waals surface area (Å²) in [6.45, 7) is 1.76. The molecule has 1 spiro atoms. The van der Waals surface area contributed by atoms with Gasteiger partial charge in [0.05, 0.1) is 5.03 Å². The minimum Gasteiger partial charge on any atom is -0.324 e. The Balaban J connectivity index is 2.18. The molecular formula is C16H13BrClFN2O2. The molecule has 3 rings (SSSR count). The molecule has 4 nitrogen and oxygen atoms in total. The van der Waals surface area contributed by atoms with Crippen LogP contribution in [0, 0.1) is 5.82 Å². The van der Waals surface area contributed by atoms with Gasteiger partial charge in [-0.25, -0.2) is 4.39 Å². The highest BCUT2D eigenvalue weighted by Gasteiger charge is 2.53. The molecule has 23 heavy (non-hydrogen) atoms. The van der Waals surface area contributed by atoms with Crippen LogP contribution in [-0.2, 0) is 21.7 Å². The predicted octanol–water partition coefficient (Wildman–Crippen LogP) is 3.26. The van der Waals surface area contributed by atoms with Crippen molar-refractivity contribution >= 4 is 39.8 Å². The van der Waals surface area contributed by atoms with Gasteiger partial charge in [0.1, 0.15) is 17.2 Å². The number of carbonyl (C=O) groups is 2. The van der Waals surface area contributed by atoms with Crippen LogP contribution >= 0.6 is 27.5 Å². The summed E-state index contributed by atoms with van der Waals surface area (Å²) in [6.07, 6.45) is 3.22. The molecule has 120 valence electrons. The van der Waals surface area contributed by atoms with Crippen molar-refractivity contribution in [3.8, 4) is 0 Å². The van der Waals surface area contributed by atoms with Crippen LogP contribution in [0.4, 0.5) is 4.39 Å². The molecule has 0 radical (unpaired) electrons. The van der Waals surface area contributed by atoms with Crippen LogP contribution in [0.2, 0.25) is 0 Å². The molecule has 1 aromatic carbocycles. The maximum atomic E-state index is 13.7. The first-order valence-corrected chi connectivity index (χ1v) is 8.16. The summed E-state index contributed by atoms with van der Waals surface area (Å²) in [6, 6.07) is 4.42. The number of hydrogen-bond donors (Lipinski definition) is 1. The number of allylic oxidation sites excluding steroid dienone is 3. The van der Waals surface area contributed by atoms with Gasteiger partial charge in [-0.1, -0.05) is 33.6 Å². The van der Waals surface area contributed by atoms with E-state index in [1.165, 1.54) is 17.0 Å². The zero-order valence-electron chi connectivity index (χ0n) is 12.2. The van der Waals surface area contributed by atoms with Gasteiger partial charge in [-0.15, -0.1) is 0 Å². The average molecular weight is 400 g/mol. The summed E-state index contributed by atoms with van der Waals surface area (Å²) in [4.78, 5) is 25.4. The number of nitrogens with one attached hydrogen (secondary N) is 1. The largest absolute Gasteiger partial charge is 0.324 e. The molecule has 0 aromatic heterocycles. The van der Waals surface area contributed by atoms with Crippen molar-refractivity contribution in [2.24, 2.45) is 0 Å². The molecule has 1 unspecified atom stereocenters. The van der Waals surface area contributed by atoms with E-state index in [0.717, 1.165) is 5.56 Å². The van der Waals surface area contributed by atoms with E-state index in [4.69, 9.17) is 11.6 Å². The van der Waals surface area contributed by atoms with Crippen molar-refractivity contribution in [2.45, 2.75) is 25.4 Å². The Bertz CT molecular complexity index is 773. The fourth-order valence-corrected chi connectivity index (χ4v) is 3.90. The highest BCUT2D eigenvalue weighted by atomic mass is 79.9. The number of amides is 2. The van der Waals surface area contributed by atoms with Gasteiger partial charge in [-0.3, -0.25) is 14.5 Å². The first-order chi connectivity index (χ1) is 10.9. The van der Waals surface area contributed by atoms with E-state index in [9.17, 15) is 14.0 Å². The lowest BCUT2D eigenvalue weighted by Crippen LogP contribution is -2.46. The Morgan fingerprint density at radius 1 is 1.52 bits per heavy atom. The second kappa shape index (κ2) is 5.76. The molecule has 7 heteroatoms. The van der Waals surface area contributed by atoms with Crippen LogP contribution < -0.4 is 5.32 Å². The Hall–Kier alpha value is -1.66. The number of fused-ring (bicyclic) bond motifs is 2. The van der Waals surface area contributed by atoms with Gasteiger partial charge >= 0.3 is 0 Å². The Labute approximate surface area is 146 Å². The molecule has 1 heterocycles. The number of rotatable bonds is 2. The monoisotopic (exact) mass is 398 g/mol. The van der Waals surface area contributed by atoms with E-state index in [1.807, 2.05) is 0 Å². The summed E-state index contributed by atoms with van der Waals surface area (Å²) in [5.74, 6) is -0.867. The number of benzene rings is 1. The van der Waals surface area contributed by atoms with E-state index in [1.54, 1.807) is 19.1 Å². The number of aryl methyl sites for hydroxylation is 1.